The van der Waals surface area contributed by atoms with Gasteiger partial charge in [-0.1, -0.05) is 29.5 Å². The van der Waals surface area contributed by atoms with E-state index in [1.54, 1.807) is 29.6 Å². The van der Waals surface area contributed by atoms with Gasteiger partial charge in [0.15, 0.2) is 0 Å². The normalized spacial score (nSPS) is 11.2. The van der Waals surface area contributed by atoms with Crippen LogP contribution in [-0.4, -0.2) is 17.0 Å². The molecule has 0 aliphatic rings. The summed E-state index contributed by atoms with van der Waals surface area (Å²) in [6.07, 6.45) is -5.05. The van der Waals surface area contributed by atoms with Crippen LogP contribution in [-0.2, 0) is 4.79 Å². The minimum absolute atomic E-state index is 0.144. The van der Waals surface area contributed by atoms with Crippen LogP contribution in [0.4, 0.5) is 24.5 Å². The number of nitrogens with one attached hydrogen (secondary N) is 1. The summed E-state index contributed by atoms with van der Waals surface area (Å²) in [6, 6.07) is 10.3. The molecule has 0 unspecified atom stereocenters. The number of nitro groups is 1. The number of nitro benzene ring substituents is 1. The van der Waals surface area contributed by atoms with Gasteiger partial charge in [-0.05, 0) is 25.1 Å². The molecule has 126 valence electrons. The second-order valence-corrected chi connectivity index (χ2v) is 5.92. The maximum Gasteiger partial charge on any atom is 0.471 e. The molecule has 0 aliphatic heterocycles. The summed E-state index contributed by atoms with van der Waals surface area (Å²) in [5.74, 6) is -2.14. The number of non-ortho nitro benzene ring substituents is 1. The fraction of sp³-hybridized carbons (Fsp3) is 0.133. The number of anilines is 1. The van der Waals surface area contributed by atoms with E-state index in [-0.39, 0.29) is 16.3 Å². The average Bonchev–Trinajstić information content (AvgIpc) is 2.50. The van der Waals surface area contributed by atoms with Crippen molar-refractivity contribution in [1.82, 2.24) is 0 Å². The highest BCUT2D eigenvalue weighted by molar-refractivity contribution is 7.99. The van der Waals surface area contributed by atoms with E-state index in [4.69, 9.17) is 0 Å². The van der Waals surface area contributed by atoms with Gasteiger partial charge in [0.25, 0.3) is 5.69 Å². The third-order valence-corrected chi connectivity index (χ3v) is 4.00. The van der Waals surface area contributed by atoms with Crippen LogP contribution in [0.5, 0.6) is 0 Å². The first-order valence-electron chi connectivity index (χ1n) is 6.58. The zero-order chi connectivity index (χ0) is 17.9. The fourth-order valence-corrected chi connectivity index (χ4v) is 2.67. The number of carbonyl (C=O) groups excluding carboxylic acids is 1. The fourth-order valence-electron chi connectivity index (χ4n) is 1.74. The lowest BCUT2D eigenvalue weighted by Gasteiger charge is -2.12. The molecule has 9 heteroatoms. The molecule has 1 N–H and O–H groups in total. The molecular weight excluding hydrogens is 345 g/mol. The molecule has 0 heterocycles. The molecule has 0 saturated heterocycles. The van der Waals surface area contributed by atoms with Crippen LogP contribution in [0.25, 0.3) is 0 Å². The number of benzene rings is 2. The van der Waals surface area contributed by atoms with E-state index in [0.29, 0.717) is 4.90 Å². The molecule has 0 atom stereocenters. The van der Waals surface area contributed by atoms with Gasteiger partial charge in [0.05, 0.1) is 10.6 Å². The molecule has 5 nitrogen and oxygen atoms in total. The van der Waals surface area contributed by atoms with Crippen molar-refractivity contribution >= 4 is 29.0 Å². The van der Waals surface area contributed by atoms with Crippen LogP contribution < -0.4 is 5.32 Å². The number of hydrogen-bond donors (Lipinski definition) is 1. The number of aryl methyl sites for hydroxylation is 1. The molecule has 0 bridgehead atoms. The Labute approximate surface area is 139 Å². The largest absolute Gasteiger partial charge is 0.471 e. The second-order valence-electron chi connectivity index (χ2n) is 4.80. The van der Waals surface area contributed by atoms with Crippen LogP contribution >= 0.6 is 11.8 Å². The van der Waals surface area contributed by atoms with Gasteiger partial charge < -0.3 is 5.32 Å². The van der Waals surface area contributed by atoms with Crippen molar-refractivity contribution in [3.8, 4) is 0 Å². The van der Waals surface area contributed by atoms with Gasteiger partial charge >= 0.3 is 12.1 Å². The number of amides is 1. The Balaban J connectivity index is 2.37. The SMILES string of the molecule is Cc1ccc(Sc2cc([N+](=O)[O-])ccc2NC(=O)C(F)(F)F)cc1. The predicted molar refractivity (Wildman–Crippen MR) is 83.1 cm³/mol. The summed E-state index contributed by atoms with van der Waals surface area (Å²) in [4.78, 5) is 22.2. The van der Waals surface area contributed by atoms with Crippen molar-refractivity contribution in [2.24, 2.45) is 0 Å². The monoisotopic (exact) mass is 356 g/mol. The van der Waals surface area contributed by atoms with Crippen LogP contribution in [0.3, 0.4) is 0 Å². The Morgan fingerprint density at radius 3 is 2.33 bits per heavy atom. The van der Waals surface area contributed by atoms with Crippen molar-refractivity contribution in [2.75, 3.05) is 5.32 Å². The van der Waals surface area contributed by atoms with Gasteiger partial charge in [-0.2, -0.15) is 13.2 Å². The first kappa shape index (κ1) is 17.8. The summed E-state index contributed by atoms with van der Waals surface area (Å²) in [6.45, 7) is 1.87. The average molecular weight is 356 g/mol. The minimum Gasteiger partial charge on any atom is -0.317 e. The Morgan fingerprint density at radius 1 is 1.17 bits per heavy atom. The van der Waals surface area contributed by atoms with Crippen molar-refractivity contribution in [1.29, 1.82) is 0 Å². The second kappa shape index (κ2) is 6.91. The highest BCUT2D eigenvalue weighted by atomic mass is 32.2. The molecule has 0 fully saturated rings. The molecule has 1 amide bonds. The van der Waals surface area contributed by atoms with Gasteiger partial charge in [0.2, 0.25) is 0 Å². The zero-order valence-electron chi connectivity index (χ0n) is 12.3. The van der Waals surface area contributed by atoms with Gasteiger partial charge in [-0.15, -0.1) is 0 Å². The molecule has 2 rings (SSSR count). The van der Waals surface area contributed by atoms with Crippen LogP contribution in [0.2, 0.25) is 0 Å². The molecule has 0 radical (unpaired) electrons. The van der Waals surface area contributed by atoms with Gasteiger partial charge in [-0.25, -0.2) is 0 Å². The van der Waals surface area contributed by atoms with Crippen LogP contribution in [0.15, 0.2) is 52.3 Å². The van der Waals surface area contributed by atoms with Crippen LogP contribution in [0, 0.1) is 17.0 Å². The van der Waals surface area contributed by atoms with E-state index in [1.807, 2.05) is 6.92 Å². The Hall–Kier alpha value is -2.55. The molecule has 0 aliphatic carbocycles. The number of hydrogen-bond acceptors (Lipinski definition) is 4. The summed E-state index contributed by atoms with van der Waals surface area (Å²) in [7, 11) is 0. The van der Waals surface area contributed by atoms with E-state index in [2.05, 4.69) is 0 Å². The lowest BCUT2D eigenvalue weighted by atomic mass is 10.2. The molecule has 0 spiro atoms. The summed E-state index contributed by atoms with van der Waals surface area (Å²) >= 11 is 1.02. The number of rotatable bonds is 4. The molecular formula is C15H11F3N2O3S. The summed E-state index contributed by atoms with van der Waals surface area (Å²) in [5.41, 5.74) is 0.562. The predicted octanol–water partition coefficient (Wildman–Crippen LogP) is 4.56. The van der Waals surface area contributed by atoms with Gasteiger partial charge in [-0.3, -0.25) is 14.9 Å². The minimum atomic E-state index is -5.05. The molecule has 2 aromatic rings. The van der Waals surface area contributed by atoms with Crippen molar-refractivity contribution in [3.63, 3.8) is 0 Å². The van der Waals surface area contributed by atoms with E-state index < -0.39 is 17.0 Å². The molecule has 2 aromatic carbocycles. The third kappa shape index (κ3) is 4.48. The van der Waals surface area contributed by atoms with E-state index in [0.717, 1.165) is 35.5 Å². The number of carbonyl (C=O) groups is 1. The highest BCUT2D eigenvalue weighted by Crippen LogP contribution is 2.36. The topological polar surface area (TPSA) is 72.2 Å². The van der Waals surface area contributed by atoms with Gasteiger partial charge in [0, 0.05) is 21.9 Å². The zero-order valence-corrected chi connectivity index (χ0v) is 13.1. The standard InChI is InChI=1S/C15H11F3N2O3S/c1-9-2-5-11(6-3-9)24-13-8-10(20(22)23)4-7-12(13)19-14(21)15(16,17)18/h2-8H,1H3,(H,19,21). The van der Waals surface area contributed by atoms with Crippen molar-refractivity contribution < 1.29 is 22.9 Å². The van der Waals surface area contributed by atoms with Crippen LogP contribution in [0.1, 0.15) is 5.56 Å². The summed E-state index contributed by atoms with van der Waals surface area (Å²) in [5, 5.41) is 12.6. The summed E-state index contributed by atoms with van der Waals surface area (Å²) < 4.78 is 37.3. The Morgan fingerprint density at radius 2 is 1.79 bits per heavy atom. The van der Waals surface area contributed by atoms with E-state index in [1.165, 1.54) is 0 Å². The molecule has 24 heavy (non-hydrogen) atoms. The first-order chi connectivity index (χ1) is 11.2. The lowest BCUT2D eigenvalue weighted by molar-refractivity contribution is -0.385. The van der Waals surface area contributed by atoms with Crippen molar-refractivity contribution in [3.05, 3.63) is 58.1 Å². The van der Waals surface area contributed by atoms with E-state index >= 15 is 0 Å². The Kier molecular flexibility index (Phi) is 5.13. The van der Waals surface area contributed by atoms with Crippen molar-refractivity contribution in [2.45, 2.75) is 22.9 Å². The first-order valence-corrected chi connectivity index (χ1v) is 7.39. The third-order valence-electron chi connectivity index (χ3n) is 2.93. The van der Waals surface area contributed by atoms with Gasteiger partial charge in [0.1, 0.15) is 0 Å². The number of alkyl halides is 3. The number of halogens is 3. The quantitative estimate of drug-likeness (QED) is 0.644. The smallest absolute Gasteiger partial charge is 0.317 e. The maximum atomic E-state index is 12.4. The maximum absolute atomic E-state index is 12.4. The number of nitrogens with zero attached hydrogens (tertiary/aromatic N) is 1. The molecule has 0 saturated carbocycles. The van der Waals surface area contributed by atoms with E-state index in [9.17, 15) is 28.1 Å². The highest BCUT2D eigenvalue weighted by Gasteiger charge is 2.39. The Bertz CT molecular complexity index is 777. The molecule has 0 aromatic heterocycles. The lowest BCUT2D eigenvalue weighted by Crippen LogP contribution is -2.30.